The van der Waals surface area contributed by atoms with Gasteiger partial charge in [-0.05, 0) is 47.4 Å². The monoisotopic (exact) mass is 422 g/mol. The predicted octanol–water partition coefficient (Wildman–Crippen LogP) is 3.92. The minimum atomic E-state index is -2.74. The Balaban J connectivity index is 3.40. The van der Waals surface area contributed by atoms with E-state index in [0.717, 1.165) is 12.8 Å². The summed E-state index contributed by atoms with van der Waals surface area (Å²) in [5.41, 5.74) is 1.02. The van der Waals surface area contributed by atoms with Gasteiger partial charge in [0.05, 0.1) is 34.3 Å². The van der Waals surface area contributed by atoms with E-state index in [0.29, 0.717) is 12.8 Å². The summed E-state index contributed by atoms with van der Waals surface area (Å²) in [7, 11) is 0. The van der Waals surface area contributed by atoms with Crippen molar-refractivity contribution in [2.24, 2.45) is 30.9 Å². The second-order valence-corrected chi connectivity index (χ2v) is 7.12. The van der Waals surface area contributed by atoms with Crippen molar-refractivity contribution in [3.05, 3.63) is 15.6 Å². The molecule has 0 saturated heterocycles. The lowest BCUT2D eigenvalue weighted by Gasteiger charge is -2.39. The van der Waals surface area contributed by atoms with Crippen LogP contribution in [-0.2, 0) is 14.3 Å². The van der Waals surface area contributed by atoms with Crippen LogP contribution in [0.25, 0.3) is 0 Å². The van der Waals surface area contributed by atoms with E-state index in [9.17, 15) is 15.6 Å². The number of nitrogens with zero attached hydrogens (tertiary/aromatic N) is 6. The van der Waals surface area contributed by atoms with Crippen molar-refractivity contribution in [2.45, 2.75) is 73.0 Å². The van der Waals surface area contributed by atoms with Gasteiger partial charge >= 0.3 is 6.75 Å². The summed E-state index contributed by atoms with van der Waals surface area (Å²) < 4.78 is 17.0. The maximum absolute atomic E-state index is 10.8. The van der Waals surface area contributed by atoms with E-state index in [1.807, 2.05) is 0 Å². The van der Waals surface area contributed by atoms with Crippen LogP contribution in [-0.4, -0.2) is 41.0 Å². The van der Waals surface area contributed by atoms with E-state index in [1.54, 1.807) is 0 Å². The van der Waals surface area contributed by atoms with Crippen molar-refractivity contribution in [1.29, 1.82) is 0 Å². The van der Waals surface area contributed by atoms with E-state index in [1.165, 1.54) is 41.5 Å². The van der Waals surface area contributed by atoms with Crippen molar-refractivity contribution in [2.75, 3.05) is 0 Å². The van der Waals surface area contributed by atoms with Crippen LogP contribution in [0.5, 0.6) is 0 Å². The first-order chi connectivity index (χ1) is 14.2. The molecule has 0 radical (unpaired) electrons. The molecule has 0 aliphatic heterocycles. The zero-order valence-corrected chi connectivity index (χ0v) is 18.1. The van der Waals surface area contributed by atoms with E-state index in [-0.39, 0.29) is 40.1 Å². The molecule has 0 aromatic carbocycles. The van der Waals surface area contributed by atoms with Crippen LogP contribution in [0, 0.1) is 15.6 Å². The predicted molar refractivity (Wildman–Crippen MR) is 120 cm³/mol. The highest BCUT2D eigenvalue weighted by Crippen LogP contribution is 2.41. The summed E-state index contributed by atoms with van der Waals surface area (Å²) in [4.78, 5) is 0. The largest absolute Gasteiger partial charge is 0.792 e. The average molecular weight is 422 g/mol. The smallest absolute Gasteiger partial charge is 0.612 e. The molecule has 0 aromatic heterocycles. The van der Waals surface area contributed by atoms with Gasteiger partial charge in [-0.15, -0.1) is 15.5 Å². The molecule has 1 saturated carbocycles. The number of oxime groups is 3. The Morgan fingerprint density at radius 3 is 1.17 bits per heavy atom. The third-order valence-corrected chi connectivity index (χ3v) is 4.97. The quantitative estimate of drug-likeness (QED) is 0.293. The zero-order chi connectivity index (χ0) is 22.7. The van der Waals surface area contributed by atoms with Crippen LogP contribution < -0.4 is 0 Å². The van der Waals surface area contributed by atoms with Crippen LogP contribution in [0.3, 0.4) is 0 Å². The first kappa shape index (κ1) is 24.9. The van der Waals surface area contributed by atoms with Crippen molar-refractivity contribution >= 4 is 41.0 Å². The molecule has 1 fully saturated rings. The lowest BCUT2D eigenvalue weighted by molar-refractivity contribution is 0.0564. The zero-order valence-electron chi connectivity index (χ0n) is 18.1. The molecular weight excluding hydrogens is 395 g/mol. The highest BCUT2D eigenvalue weighted by Gasteiger charge is 2.48. The van der Waals surface area contributed by atoms with Crippen molar-refractivity contribution in [1.82, 2.24) is 0 Å². The van der Waals surface area contributed by atoms with Crippen molar-refractivity contribution < 1.29 is 14.3 Å². The second kappa shape index (κ2) is 11.8. The molecule has 1 aliphatic rings. The Morgan fingerprint density at radius 1 is 0.600 bits per heavy atom. The first-order valence-corrected chi connectivity index (χ1v) is 9.54. The van der Waals surface area contributed by atoms with Gasteiger partial charge in [-0.3, -0.25) is 0 Å². The lowest BCUT2D eigenvalue weighted by atomic mass is 9.62. The Kier molecular flexibility index (Phi) is 9.79. The summed E-state index contributed by atoms with van der Waals surface area (Å²) in [5, 5.41) is 52.6. The van der Waals surface area contributed by atoms with Crippen LogP contribution in [0.4, 0.5) is 0 Å². The van der Waals surface area contributed by atoms with Gasteiger partial charge in [-0.25, -0.2) is 0 Å². The molecule has 0 amide bonds. The fourth-order valence-electron chi connectivity index (χ4n) is 2.54. The Hall–Kier alpha value is -3.12. The van der Waals surface area contributed by atoms with Gasteiger partial charge in [0.2, 0.25) is 0 Å². The van der Waals surface area contributed by atoms with Gasteiger partial charge in [-0.1, -0.05) is 25.7 Å². The average Bonchev–Trinajstić information content (AvgIpc) is 3.31. The van der Waals surface area contributed by atoms with Gasteiger partial charge in [0, 0.05) is 0 Å². The summed E-state index contributed by atoms with van der Waals surface area (Å²) in [5.74, 6) is -0.270. The maximum atomic E-state index is 10.8. The van der Waals surface area contributed by atoms with Crippen LogP contribution in [0.15, 0.2) is 30.9 Å². The van der Waals surface area contributed by atoms with Gasteiger partial charge in [0.25, 0.3) is 0 Å². The highest BCUT2D eigenvalue weighted by atomic mass is 16.9. The van der Waals surface area contributed by atoms with Crippen LogP contribution >= 0.6 is 0 Å². The molecule has 0 heterocycles. The van der Waals surface area contributed by atoms with E-state index in [2.05, 4.69) is 30.9 Å². The molecule has 0 bridgehead atoms. The molecule has 0 atom stereocenters. The third-order valence-electron chi connectivity index (χ3n) is 4.97. The second-order valence-electron chi connectivity index (χ2n) is 7.12. The summed E-state index contributed by atoms with van der Waals surface area (Å²) >= 11 is 0. The molecule has 13 heteroatoms. The van der Waals surface area contributed by atoms with Gasteiger partial charge in [0.15, 0.2) is 0 Å². The minimum absolute atomic E-state index is 0.120. The lowest BCUT2D eigenvalue weighted by Crippen LogP contribution is -2.47. The van der Waals surface area contributed by atoms with E-state index < -0.39 is 6.75 Å². The first-order valence-electron chi connectivity index (χ1n) is 9.54. The fourth-order valence-corrected chi connectivity index (χ4v) is 2.54. The standard InChI is InChI=1S/C17H30BN6O6/c1-11(19-25)14(4)22-28-18(17-9-7-8-10-17,29-23-15(5)12(2)20-26)30-24-16(6)13(3)21-27/h17,25-27H,7-10H2,1-6H3/q-1/p-3/b19-11+,20-12+,21-13+,22-14-,23-15-,24-16+. The normalized spacial score (nSPS) is 18.6. The highest BCUT2D eigenvalue weighted by molar-refractivity contribution is 6.63. The topological polar surface area (TPSA) is 171 Å². The summed E-state index contributed by atoms with van der Waals surface area (Å²) in [6.07, 6.45) is 3.19. The molecule has 12 nitrogen and oxygen atoms in total. The number of hydrogen-bond donors (Lipinski definition) is 0. The number of hydrogen-bond acceptors (Lipinski definition) is 12. The van der Waals surface area contributed by atoms with Crippen LogP contribution in [0.2, 0.25) is 5.82 Å². The molecule has 1 aliphatic carbocycles. The minimum Gasteiger partial charge on any atom is -0.792 e. The SMILES string of the molecule is CC(=N/O[B-](O/N=C(C)\C(C)=N\[O-])(O/N=C(C)/C(C)=N/[O-])C1CCCC1)/C(C)=N/[O-]. The molecule has 1 rings (SSSR count). The van der Waals surface area contributed by atoms with Gasteiger partial charge in [0.1, 0.15) is 0 Å². The third kappa shape index (κ3) is 6.74. The van der Waals surface area contributed by atoms with Crippen LogP contribution in [0.1, 0.15) is 67.2 Å². The maximum Gasteiger partial charge on any atom is 0.612 e. The van der Waals surface area contributed by atoms with Crippen molar-refractivity contribution in [3.63, 3.8) is 0 Å². The molecule has 0 unspecified atom stereocenters. The summed E-state index contributed by atoms with van der Waals surface area (Å²) in [6.45, 7) is 6.32. The van der Waals surface area contributed by atoms with E-state index in [4.69, 9.17) is 14.3 Å². The molecule has 0 N–H and O–H groups in total. The van der Waals surface area contributed by atoms with Crippen molar-refractivity contribution in [3.8, 4) is 0 Å². The Labute approximate surface area is 175 Å². The Bertz CT molecular complexity index is 682. The molecule has 0 aromatic rings. The number of rotatable bonds is 10. The molecular formula is C17H27BN6O6-4. The van der Waals surface area contributed by atoms with Gasteiger partial charge < -0.3 is 45.4 Å². The van der Waals surface area contributed by atoms with E-state index >= 15 is 0 Å². The Morgan fingerprint density at radius 2 is 0.900 bits per heavy atom. The fraction of sp³-hybridized carbons (Fsp3) is 0.647. The molecule has 30 heavy (non-hydrogen) atoms. The summed E-state index contributed by atoms with van der Waals surface area (Å²) in [6, 6.07) is 0. The molecule has 168 valence electrons. The molecule has 0 spiro atoms. The van der Waals surface area contributed by atoms with Gasteiger partial charge in [-0.2, -0.15) is 0 Å².